The highest BCUT2D eigenvalue weighted by Crippen LogP contribution is 2.49. The Kier molecular flexibility index (Phi) is 5.20. The van der Waals surface area contributed by atoms with Crippen molar-refractivity contribution in [2.24, 2.45) is 11.7 Å². The molecule has 0 radical (unpaired) electrons. The maximum Gasteiger partial charge on any atom is 0.231 e. The van der Waals surface area contributed by atoms with Gasteiger partial charge in [-0.1, -0.05) is 18.9 Å². The van der Waals surface area contributed by atoms with E-state index in [1.165, 1.54) is 0 Å². The number of rotatable bonds is 5. The Morgan fingerprint density at radius 2 is 2.04 bits per heavy atom. The number of piperidine rings is 1. The van der Waals surface area contributed by atoms with Crippen molar-refractivity contribution in [3.8, 4) is 11.5 Å². The van der Waals surface area contributed by atoms with Crippen molar-refractivity contribution in [2.45, 2.75) is 43.7 Å². The highest BCUT2D eigenvalue weighted by Gasteiger charge is 2.49. The van der Waals surface area contributed by atoms with Crippen LogP contribution in [0.15, 0.2) is 18.2 Å². The van der Waals surface area contributed by atoms with Crippen LogP contribution < -0.4 is 15.2 Å². The van der Waals surface area contributed by atoms with Crippen molar-refractivity contribution in [2.75, 3.05) is 27.3 Å². The molecule has 3 rings (SSSR count). The zero-order valence-corrected chi connectivity index (χ0v) is 15.0. The monoisotopic (exact) mass is 348 g/mol. The predicted molar refractivity (Wildman–Crippen MR) is 94.6 cm³/mol. The van der Waals surface area contributed by atoms with Gasteiger partial charge in [0.1, 0.15) is 0 Å². The van der Waals surface area contributed by atoms with Crippen LogP contribution in [0, 0.1) is 5.92 Å². The molecule has 6 nitrogen and oxygen atoms in total. The van der Waals surface area contributed by atoms with Crippen molar-refractivity contribution >= 4 is 5.91 Å². The zero-order chi connectivity index (χ0) is 18.0. The Labute approximate surface area is 148 Å². The second-order valence-corrected chi connectivity index (χ2v) is 7.20. The zero-order valence-electron chi connectivity index (χ0n) is 15.0. The average Bonchev–Trinajstić information content (AvgIpc) is 2.60. The standard InChI is InChI=1S/C19H28N2O4/c1-24-15-7-6-13(11-16(15)25-2)18-14-5-3-4-8-19(14,23)9-10-21(18)12-17(20)22/h6-7,11,14,18,23H,3-5,8-10,12H2,1-2H3,(H2,20,22)/t14-,18-,19+/m0/s1. The maximum atomic E-state index is 11.6. The normalized spacial score (nSPS) is 29.7. The topological polar surface area (TPSA) is 85.0 Å². The molecule has 0 aromatic heterocycles. The van der Waals surface area contributed by atoms with E-state index in [1.807, 2.05) is 18.2 Å². The number of methoxy groups -OCH3 is 2. The first-order valence-corrected chi connectivity index (χ1v) is 8.95. The number of carbonyl (C=O) groups excluding carboxylic acids is 1. The summed E-state index contributed by atoms with van der Waals surface area (Å²) in [7, 11) is 3.22. The van der Waals surface area contributed by atoms with Gasteiger partial charge in [0.05, 0.1) is 26.4 Å². The molecule has 25 heavy (non-hydrogen) atoms. The molecule has 1 heterocycles. The molecule has 1 saturated carbocycles. The summed E-state index contributed by atoms with van der Waals surface area (Å²) in [5, 5.41) is 11.2. The number of aliphatic hydroxyl groups is 1. The lowest BCUT2D eigenvalue weighted by Crippen LogP contribution is -2.56. The number of hydrogen-bond acceptors (Lipinski definition) is 5. The van der Waals surface area contributed by atoms with E-state index in [9.17, 15) is 9.90 Å². The van der Waals surface area contributed by atoms with Gasteiger partial charge in [-0.2, -0.15) is 0 Å². The Morgan fingerprint density at radius 1 is 1.28 bits per heavy atom. The Bertz CT molecular complexity index is 636. The van der Waals surface area contributed by atoms with Crippen molar-refractivity contribution in [1.82, 2.24) is 4.90 Å². The molecule has 6 heteroatoms. The molecular formula is C19H28N2O4. The van der Waals surface area contributed by atoms with Gasteiger partial charge in [0, 0.05) is 18.5 Å². The van der Waals surface area contributed by atoms with Gasteiger partial charge >= 0.3 is 0 Å². The van der Waals surface area contributed by atoms with Crippen molar-refractivity contribution in [3.05, 3.63) is 23.8 Å². The number of fused-ring (bicyclic) bond motifs is 1. The fourth-order valence-electron chi connectivity index (χ4n) is 4.60. The highest BCUT2D eigenvalue weighted by atomic mass is 16.5. The van der Waals surface area contributed by atoms with Crippen molar-refractivity contribution in [1.29, 1.82) is 0 Å². The van der Waals surface area contributed by atoms with E-state index in [-0.39, 0.29) is 24.4 Å². The molecule has 3 N–H and O–H groups in total. The predicted octanol–water partition coefficient (Wildman–Crippen LogP) is 1.86. The summed E-state index contributed by atoms with van der Waals surface area (Å²) in [5.41, 5.74) is 5.85. The molecule has 0 bridgehead atoms. The number of benzene rings is 1. The molecule has 2 fully saturated rings. The first kappa shape index (κ1) is 18.0. The first-order chi connectivity index (χ1) is 12.0. The lowest BCUT2D eigenvalue weighted by molar-refractivity contribution is -0.136. The van der Waals surface area contributed by atoms with E-state index in [4.69, 9.17) is 15.2 Å². The minimum atomic E-state index is -0.662. The van der Waals surface area contributed by atoms with Crippen LogP contribution in [0.3, 0.4) is 0 Å². The summed E-state index contributed by atoms with van der Waals surface area (Å²) < 4.78 is 10.8. The van der Waals surface area contributed by atoms with Gasteiger partial charge in [-0.15, -0.1) is 0 Å². The average molecular weight is 348 g/mol. The van der Waals surface area contributed by atoms with Gasteiger partial charge in [0.15, 0.2) is 11.5 Å². The fraction of sp³-hybridized carbons (Fsp3) is 0.632. The third-order valence-electron chi connectivity index (χ3n) is 5.78. The largest absolute Gasteiger partial charge is 0.493 e. The van der Waals surface area contributed by atoms with Gasteiger partial charge in [-0.25, -0.2) is 0 Å². The second kappa shape index (κ2) is 7.22. The van der Waals surface area contributed by atoms with Crippen LogP contribution >= 0.6 is 0 Å². The molecule has 1 aromatic carbocycles. The van der Waals surface area contributed by atoms with Gasteiger partial charge in [-0.05, 0) is 37.0 Å². The quantitative estimate of drug-likeness (QED) is 0.848. The number of amides is 1. The van der Waals surface area contributed by atoms with Gasteiger partial charge < -0.3 is 20.3 Å². The van der Waals surface area contributed by atoms with E-state index < -0.39 is 5.60 Å². The number of nitrogens with two attached hydrogens (primary N) is 1. The third-order valence-corrected chi connectivity index (χ3v) is 5.78. The molecular weight excluding hydrogens is 320 g/mol. The first-order valence-electron chi connectivity index (χ1n) is 8.95. The number of primary amides is 1. The van der Waals surface area contributed by atoms with Gasteiger partial charge in [-0.3, -0.25) is 9.69 Å². The Morgan fingerprint density at radius 3 is 2.72 bits per heavy atom. The van der Waals surface area contributed by atoms with E-state index >= 15 is 0 Å². The summed E-state index contributed by atoms with van der Waals surface area (Å²) in [4.78, 5) is 13.7. The minimum Gasteiger partial charge on any atom is -0.493 e. The second-order valence-electron chi connectivity index (χ2n) is 7.20. The summed E-state index contributed by atoms with van der Waals surface area (Å²) in [6.45, 7) is 0.862. The molecule has 1 saturated heterocycles. The highest BCUT2D eigenvalue weighted by molar-refractivity contribution is 5.76. The van der Waals surface area contributed by atoms with Crippen LogP contribution in [0.4, 0.5) is 0 Å². The summed E-state index contributed by atoms with van der Waals surface area (Å²) in [6, 6.07) is 5.79. The van der Waals surface area contributed by atoms with Crippen LogP contribution in [0.1, 0.15) is 43.7 Å². The van der Waals surface area contributed by atoms with Gasteiger partial charge in [0.25, 0.3) is 0 Å². The molecule has 1 aliphatic heterocycles. The molecule has 1 amide bonds. The van der Waals surface area contributed by atoms with Crippen LogP contribution in [0.5, 0.6) is 11.5 Å². The molecule has 0 spiro atoms. The molecule has 1 aliphatic carbocycles. The third kappa shape index (κ3) is 3.46. The van der Waals surface area contributed by atoms with Crippen molar-refractivity contribution in [3.63, 3.8) is 0 Å². The molecule has 2 aliphatic rings. The van der Waals surface area contributed by atoms with Crippen LogP contribution in [0.25, 0.3) is 0 Å². The molecule has 3 atom stereocenters. The van der Waals surface area contributed by atoms with Gasteiger partial charge in [0.2, 0.25) is 5.91 Å². The fourth-order valence-corrected chi connectivity index (χ4v) is 4.60. The van der Waals surface area contributed by atoms with E-state index in [2.05, 4.69) is 4.90 Å². The molecule has 0 unspecified atom stereocenters. The van der Waals surface area contributed by atoms with E-state index in [1.54, 1.807) is 14.2 Å². The number of nitrogens with zero attached hydrogens (tertiary/aromatic N) is 1. The SMILES string of the molecule is COc1ccc([C@H]2[C@@H]3CCCC[C@@]3(O)CCN2CC(N)=O)cc1OC. The van der Waals surface area contributed by atoms with E-state index in [0.717, 1.165) is 31.2 Å². The number of likely N-dealkylation sites (tertiary alicyclic amines) is 1. The summed E-state index contributed by atoms with van der Waals surface area (Å²) in [5.74, 6) is 1.07. The number of ether oxygens (including phenoxy) is 2. The lowest BCUT2D eigenvalue weighted by atomic mass is 9.66. The maximum absolute atomic E-state index is 11.6. The van der Waals surface area contributed by atoms with Crippen LogP contribution in [-0.2, 0) is 4.79 Å². The van der Waals surface area contributed by atoms with Crippen molar-refractivity contribution < 1.29 is 19.4 Å². The number of carbonyl (C=O) groups is 1. The smallest absolute Gasteiger partial charge is 0.231 e. The van der Waals surface area contributed by atoms with Crippen LogP contribution in [-0.4, -0.2) is 48.8 Å². The Hall–Kier alpha value is -1.79. The summed E-state index contributed by atoms with van der Waals surface area (Å²) in [6.07, 6.45) is 4.62. The molecule has 138 valence electrons. The Balaban J connectivity index is 2.01. The molecule has 1 aromatic rings. The van der Waals surface area contributed by atoms with E-state index in [0.29, 0.717) is 24.5 Å². The lowest BCUT2D eigenvalue weighted by Gasteiger charge is -2.52. The number of hydrogen-bond donors (Lipinski definition) is 2. The minimum absolute atomic E-state index is 0.0497. The summed E-state index contributed by atoms with van der Waals surface area (Å²) >= 11 is 0. The van der Waals surface area contributed by atoms with Crippen LogP contribution in [0.2, 0.25) is 0 Å².